The quantitative estimate of drug-likeness (QED) is 0.714. The van der Waals surface area contributed by atoms with Gasteiger partial charge < -0.3 is 20.1 Å². The summed E-state index contributed by atoms with van der Waals surface area (Å²) in [7, 11) is 1.65. The molecule has 0 radical (unpaired) electrons. The highest BCUT2D eigenvalue weighted by atomic mass is 16.5. The molecule has 0 bridgehead atoms. The first-order valence-electron chi connectivity index (χ1n) is 6.69. The molecule has 1 aliphatic heterocycles. The molecule has 1 aliphatic rings. The van der Waals surface area contributed by atoms with Crippen molar-refractivity contribution in [3.63, 3.8) is 0 Å². The van der Waals surface area contributed by atoms with Crippen molar-refractivity contribution >= 4 is 5.95 Å². The maximum Gasteiger partial charge on any atom is 0.244 e. The number of rotatable bonds is 6. The van der Waals surface area contributed by atoms with Crippen molar-refractivity contribution in [3.05, 3.63) is 5.82 Å². The van der Waals surface area contributed by atoms with Crippen molar-refractivity contribution in [2.75, 3.05) is 38.3 Å². The summed E-state index contributed by atoms with van der Waals surface area (Å²) in [6.07, 6.45) is 1.08. The minimum Gasteiger partial charge on any atom is -0.382 e. The number of piperidine rings is 1. The van der Waals surface area contributed by atoms with E-state index in [9.17, 15) is 0 Å². The highest BCUT2D eigenvalue weighted by molar-refractivity contribution is 5.30. The van der Waals surface area contributed by atoms with E-state index in [4.69, 9.17) is 15.2 Å². The Morgan fingerprint density at radius 3 is 3.05 bits per heavy atom. The van der Waals surface area contributed by atoms with Crippen LogP contribution in [-0.2, 0) is 16.1 Å². The predicted octanol–water partition coefficient (Wildman–Crippen LogP) is 0.141. The van der Waals surface area contributed by atoms with E-state index in [0.717, 1.165) is 25.3 Å². The summed E-state index contributed by atoms with van der Waals surface area (Å²) >= 11 is 0. The second-order valence-corrected chi connectivity index (χ2v) is 5.00. The standard InChI is InChI=1S/C12H23N5O2/c1-9-3-4-17(7-10(9)13)12-14-11(15-16-12)8-19-6-5-18-2/h9-10H,3-8,13H2,1-2H3,(H,14,15,16). The number of methoxy groups -OCH3 is 1. The van der Waals surface area contributed by atoms with E-state index in [0.29, 0.717) is 31.7 Å². The molecule has 0 aliphatic carbocycles. The van der Waals surface area contributed by atoms with Crippen molar-refractivity contribution in [3.8, 4) is 0 Å². The van der Waals surface area contributed by atoms with Gasteiger partial charge in [-0.3, -0.25) is 5.10 Å². The van der Waals surface area contributed by atoms with Gasteiger partial charge in [0, 0.05) is 26.2 Å². The summed E-state index contributed by atoms with van der Waals surface area (Å²) in [5.74, 6) is 2.01. The van der Waals surface area contributed by atoms with E-state index in [1.807, 2.05) is 0 Å². The van der Waals surface area contributed by atoms with Crippen LogP contribution in [0.25, 0.3) is 0 Å². The SMILES string of the molecule is COCCOCc1nc(N2CCC(C)C(N)C2)n[nH]1. The van der Waals surface area contributed by atoms with Gasteiger partial charge in [0.1, 0.15) is 6.61 Å². The van der Waals surface area contributed by atoms with Crippen molar-refractivity contribution in [2.24, 2.45) is 11.7 Å². The number of H-pyrrole nitrogens is 1. The highest BCUT2D eigenvalue weighted by Crippen LogP contribution is 2.19. The smallest absolute Gasteiger partial charge is 0.244 e. The van der Waals surface area contributed by atoms with E-state index < -0.39 is 0 Å². The molecule has 1 fully saturated rings. The normalized spacial score (nSPS) is 23.8. The predicted molar refractivity (Wildman–Crippen MR) is 71.9 cm³/mol. The van der Waals surface area contributed by atoms with Gasteiger partial charge in [0.15, 0.2) is 5.82 Å². The van der Waals surface area contributed by atoms with Crippen molar-refractivity contribution in [2.45, 2.75) is 26.0 Å². The third-order valence-electron chi connectivity index (χ3n) is 3.49. The number of ether oxygens (including phenoxy) is 2. The fourth-order valence-corrected chi connectivity index (χ4v) is 2.08. The molecule has 0 saturated carbocycles. The fourth-order valence-electron chi connectivity index (χ4n) is 2.08. The Bertz CT molecular complexity index is 384. The molecule has 0 amide bonds. The second-order valence-electron chi connectivity index (χ2n) is 5.00. The Hall–Kier alpha value is -1.18. The molecule has 7 heteroatoms. The topological polar surface area (TPSA) is 89.3 Å². The lowest BCUT2D eigenvalue weighted by Gasteiger charge is -2.34. The van der Waals surface area contributed by atoms with Gasteiger partial charge in [-0.15, -0.1) is 5.10 Å². The van der Waals surface area contributed by atoms with Gasteiger partial charge in [0.05, 0.1) is 13.2 Å². The van der Waals surface area contributed by atoms with Crippen LogP contribution in [0, 0.1) is 5.92 Å². The number of nitrogens with two attached hydrogens (primary N) is 1. The molecule has 19 heavy (non-hydrogen) atoms. The minimum atomic E-state index is 0.189. The molecule has 2 atom stereocenters. The summed E-state index contributed by atoms with van der Waals surface area (Å²) in [5, 5.41) is 7.12. The van der Waals surface area contributed by atoms with E-state index in [1.54, 1.807) is 7.11 Å². The molecule has 1 aromatic rings. The first-order valence-corrected chi connectivity index (χ1v) is 6.69. The molecule has 1 aromatic heterocycles. The van der Waals surface area contributed by atoms with Crippen LogP contribution in [0.2, 0.25) is 0 Å². The number of hydrogen-bond acceptors (Lipinski definition) is 6. The first-order chi connectivity index (χ1) is 9.20. The van der Waals surface area contributed by atoms with Gasteiger partial charge in [-0.1, -0.05) is 6.92 Å². The van der Waals surface area contributed by atoms with Crippen LogP contribution in [0.5, 0.6) is 0 Å². The Morgan fingerprint density at radius 2 is 2.32 bits per heavy atom. The summed E-state index contributed by atoms with van der Waals surface area (Å²) in [6, 6.07) is 0.189. The third-order valence-corrected chi connectivity index (χ3v) is 3.49. The average Bonchev–Trinajstić information content (AvgIpc) is 2.87. The van der Waals surface area contributed by atoms with Crippen molar-refractivity contribution in [1.29, 1.82) is 0 Å². The van der Waals surface area contributed by atoms with Gasteiger partial charge >= 0.3 is 0 Å². The number of hydrogen-bond donors (Lipinski definition) is 2. The number of aromatic amines is 1. The molecular weight excluding hydrogens is 246 g/mol. The Labute approximate surface area is 113 Å². The van der Waals surface area contributed by atoms with E-state index in [2.05, 4.69) is 27.0 Å². The molecule has 0 aromatic carbocycles. The van der Waals surface area contributed by atoms with E-state index in [-0.39, 0.29) is 6.04 Å². The summed E-state index contributed by atoms with van der Waals surface area (Å²) < 4.78 is 10.3. The molecule has 108 valence electrons. The Balaban J connectivity index is 1.83. The van der Waals surface area contributed by atoms with Crippen LogP contribution >= 0.6 is 0 Å². The molecule has 2 rings (SSSR count). The molecule has 1 saturated heterocycles. The van der Waals surface area contributed by atoms with Gasteiger partial charge in [-0.2, -0.15) is 4.98 Å². The Morgan fingerprint density at radius 1 is 1.47 bits per heavy atom. The molecule has 2 unspecified atom stereocenters. The largest absolute Gasteiger partial charge is 0.382 e. The molecule has 0 spiro atoms. The monoisotopic (exact) mass is 269 g/mol. The number of aromatic nitrogens is 3. The first kappa shape index (κ1) is 14.2. The van der Waals surface area contributed by atoms with Gasteiger partial charge in [0.25, 0.3) is 0 Å². The zero-order chi connectivity index (χ0) is 13.7. The van der Waals surface area contributed by atoms with Crippen LogP contribution in [0.3, 0.4) is 0 Å². The van der Waals surface area contributed by atoms with Gasteiger partial charge in [0.2, 0.25) is 5.95 Å². The van der Waals surface area contributed by atoms with Crippen molar-refractivity contribution < 1.29 is 9.47 Å². The zero-order valence-corrected chi connectivity index (χ0v) is 11.6. The Kier molecular flexibility index (Phi) is 5.12. The van der Waals surface area contributed by atoms with Gasteiger partial charge in [-0.05, 0) is 12.3 Å². The maximum atomic E-state index is 6.08. The lowest BCUT2D eigenvalue weighted by molar-refractivity contribution is 0.0587. The van der Waals surface area contributed by atoms with Crippen LogP contribution < -0.4 is 10.6 Å². The molecule has 2 heterocycles. The third kappa shape index (κ3) is 3.89. The summed E-state index contributed by atoms with van der Waals surface area (Å²) in [5.41, 5.74) is 6.08. The van der Waals surface area contributed by atoms with E-state index in [1.165, 1.54) is 0 Å². The summed E-state index contributed by atoms with van der Waals surface area (Å²) in [6.45, 7) is 5.51. The van der Waals surface area contributed by atoms with Crippen molar-refractivity contribution in [1.82, 2.24) is 15.2 Å². The molecule has 7 nitrogen and oxygen atoms in total. The number of anilines is 1. The van der Waals surface area contributed by atoms with Crippen LogP contribution in [0.4, 0.5) is 5.95 Å². The van der Waals surface area contributed by atoms with Crippen LogP contribution in [0.15, 0.2) is 0 Å². The lowest BCUT2D eigenvalue weighted by atomic mass is 9.95. The second kappa shape index (κ2) is 6.83. The van der Waals surface area contributed by atoms with Crippen LogP contribution in [-0.4, -0.2) is 54.6 Å². The maximum absolute atomic E-state index is 6.08. The number of nitrogens with zero attached hydrogens (tertiary/aromatic N) is 3. The van der Waals surface area contributed by atoms with Gasteiger partial charge in [-0.25, -0.2) is 0 Å². The van der Waals surface area contributed by atoms with E-state index >= 15 is 0 Å². The zero-order valence-electron chi connectivity index (χ0n) is 11.6. The number of nitrogens with one attached hydrogen (secondary N) is 1. The summed E-state index contributed by atoms with van der Waals surface area (Å²) in [4.78, 5) is 6.55. The highest BCUT2D eigenvalue weighted by Gasteiger charge is 2.25. The fraction of sp³-hybridized carbons (Fsp3) is 0.833. The molecular formula is C12H23N5O2. The lowest BCUT2D eigenvalue weighted by Crippen LogP contribution is -2.48. The van der Waals surface area contributed by atoms with Crippen LogP contribution in [0.1, 0.15) is 19.2 Å². The average molecular weight is 269 g/mol. The molecule has 3 N–H and O–H groups in total. The minimum absolute atomic E-state index is 0.189.